The van der Waals surface area contributed by atoms with E-state index in [1.54, 1.807) is 0 Å². The van der Waals surface area contributed by atoms with Gasteiger partial charge in [-0.15, -0.1) is 0 Å². The number of anilines is 1. The van der Waals surface area contributed by atoms with Crippen LogP contribution < -0.4 is 4.72 Å². The van der Waals surface area contributed by atoms with Gasteiger partial charge in [-0.25, -0.2) is 0 Å². The van der Waals surface area contributed by atoms with Crippen molar-refractivity contribution in [3.63, 3.8) is 0 Å². The van der Waals surface area contributed by atoms with Crippen molar-refractivity contribution in [2.75, 3.05) is 17.8 Å². The largest absolute Gasteiger partial charge is 0.418 e. The highest BCUT2D eigenvalue weighted by Crippen LogP contribution is 2.37. The van der Waals surface area contributed by atoms with Crippen molar-refractivity contribution in [1.29, 1.82) is 0 Å². The number of nitrogens with one attached hydrogen (secondary N) is 1. The van der Waals surface area contributed by atoms with Gasteiger partial charge in [-0.05, 0) is 31.0 Å². The van der Waals surface area contributed by atoms with Crippen LogP contribution in [0.15, 0.2) is 18.2 Å². The molecule has 1 fully saturated rings. The maximum absolute atomic E-state index is 12.9. The first-order chi connectivity index (χ1) is 9.20. The molecule has 0 saturated carbocycles. The van der Waals surface area contributed by atoms with Gasteiger partial charge >= 0.3 is 16.4 Å². The number of hydrogen-bond donors (Lipinski definition) is 1. The lowest BCUT2D eigenvalue weighted by Crippen LogP contribution is -2.34. The van der Waals surface area contributed by atoms with Crippen molar-refractivity contribution < 1.29 is 21.6 Å². The summed E-state index contributed by atoms with van der Waals surface area (Å²) in [6, 6.07) is 2.92. The zero-order valence-electron chi connectivity index (χ0n) is 10.2. The second-order valence-corrected chi connectivity index (χ2v) is 6.51. The number of nitrogens with zero attached hydrogens (tertiary/aromatic N) is 1. The van der Waals surface area contributed by atoms with Crippen LogP contribution in [0, 0.1) is 0 Å². The fourth-order valence-corrected chi connectivity index (χ4v) is 3.47. The van der Waals surface area contributed by atoms with E-state index >= 15 is 0 Å². The number of rotatable bonds is 3. The van der Waals surface area contributed by atoms with Crippen molar-refractivity contribution in [1.82, 2.24) is 4.31 Å². The van der Waals surface area contributed by atoms with Gasteiger partial charge in [-0.1, -0.05) is 11.6 Å². The van der Waals surface area contributed by atoms with Gasteiger partial charge < -0.3 is 0 Å². The minimum Gasteiger partial charge on any atom is -0.270 e. The van der Waals surface area contributed by atoms with E-state index in [4.69, 9.17) is 11.6 Å². The lowest BCUT2D eigenvalue weighted by atomic mass is 10.2. The zero-order valence-corrected chi connectivity index (χ0v) is 11.8. The molecule has 1 heterocycles. The third-order valence-electron chi connectivity index (χ3n) is 2.93. The molecular weight excluding hydrogens is 317 g/mol. The second kappa shape index (κ2) is 5.42. The molecule has 112 valence electrons. The molecule has 0 unspecified atom stereocenters. The van der Waals surface area contributed by atoms with Crippen molar-refractivity contribution >= 4 is 27.5 Å². The molecule has 1 aliphatic heterocycles. The molecule has 4 nitrogen and oxygen atoms in total. The lowest BCUT2D eigenvalue weighted by molar-refractivity contribution is -0.136. The standard InChI is InChI=1S/C11H12ClF3N2O2S/c12-8-3-4-10(9(7-8)11(13,14)15)16-20(18,19)17-5-1-2-6-17/h3-4,7,16H,1-2,5-6H2. The SMILES string of the molecule is O=S(=O)(Nc1ccc(Cl)cc1C(F)(F)F)N1CCCC1. The van der Waals surface area contributed by atoms with Crippen molar-refractivity contribution in [2.24, 2.45) is 0 Å². The highest BCUT2D eigenvalue weighted by Gasteiger charge is 2.35. The molecule has 0 bridgehead atoms. The van der Waals surface area contributed by atoms with Crippen LogP contribution in [-0.2, 0) is 16.4 Å². The average Bonchev–Trinajstić information content (AvgIpc) is 2.84. The molecule has 1 N–H and O–H groups in total. The Bertz CT molecular complexity index is 598. The molecule has 1 aromatic rings. The molecular formula is C11H12ClF3N2O2S. The van der Waals surface area contributed by atoms with E-state index in [1.165, 1.54) is 6.07 Å². The predicted octanol–water partition coefficient (Wildman–Crippen LogP) is 3.11. The Labute approximate surface area is 119 Å². The van der Waals surface area contributed by atoms with Gasteiger partial charge in [0.05, 0.1) is 11.3 Å². The van der Waals surface area contributed by atoms with E-state index < -0.39 is 27.6 Å². The summed E-state index contributed by atoms with van der Waals surface area (Å²) in [6.07, 6.45) is -3.28. The molecule has 0 atom stereocenters. The van der Waals surface area contributed by atoms with Gasteiger partial charge in [0.2, 0.25) is 0 Å². The van der Waals surface area contributed by atoms with E-state index in [1.807, 2.05) is 4.72 Å². The highest BCUT2D eigenvalue weighted by atomic mass is 35.5. The van der Waals surface area contributed by atoms with Gasteiger partial charge in [0.1, 0.15) is 0 Å². The van der Waals surface area contributed by atoms with Crippen LogP contribution >= 0.6 is 11.6 Å². The Morgan fingerprint density at radius 3 is 2.35 bits per heavy atom. The zero-order chi connectivity index (χ0) is 15.0. The first-order valence-corrected chi connectivity index (χ1v) is 7.66. The summed E-state index contributed by atoms with van der Waals surface area (Å²) in [7, 11) is -3.97. The summed E-state index contributed by atoms with van der Waals surface area (Å²) in [5.74, 6) is 0. The number of alkyl halides is 3. The normalized spacial score (nSPS) is 17.4. The van der Waals surface area contributed by atoms with Crippen molar-refractivity contribution in [2.45, 2.75) is 19.0 Å². The summed E-state index contributed by atoms with van der Waals surface area (Å²) in [5, 5.41) is -0.110. The molecule has 1 saturated heterocycles. The average molecular weight is 329 g/mol. The minimum absolute atomic E-state index is 0.110. The summed E-state index contributed by atoms with van der Waals surface area (Å²) in [4.78, 5) is 0. The van der Waals surface area contributed by atoms with Crippen LogP contribution in [-0.4, -0.2) is 25.8 Å². The molecule has 1 aromatic carbocycles. The Hall–Kier alpha value is -0.990. The fourth-order valence-electron chi connectivity index (χ4n) is 1.97. The Balaban J connectivity index is 2.34. The third kappa shape index (κ3) is 3.36. The number of benzene rings is 1. The van der Waals surface area contributed by atoms with E-state index in [0.29, 0.717) is 32.0 Å². The van der Waals surface area contributed by atoms with Crippen LogP contribution in [0.5, 0.6) is 0 Å². The summed E-state index contributed by atoms with van der Waals surface area (Å²) >= 11 is 5.53. The third-order valence-corrected chi connectivity index (χ3v) is 4.69. The van der Waals surface area contributed by atoms with E-state index in [9.17, 15) is 21.6 Å². The maximum Gasteiger partial charge on any atom is 0.418 e. The number of hydrogen-bond acceptors (Lipinski definition) is 2. The Kier molecular flexibility index (Phi) is 4.17. The first-order valence-electron chi connectivity index (χ1n) is 5.85. The van der Waals surface area contributed by atoms with Gasteiger partial charge in [-0.2, -0.15) is 25.9 Å². The fraction of sp³-hybridized carbons (Fsp3) is 0.455. The molecule has 2 rings (SSSR count). The number of halogens is 4. The van der Waals surface area contributed by atoms with E-state index in [-0.39, 0.29) is 5.02 Å². The van der Waals surface area contributed by atoms with Crippen LogP contribution in [0.4, 0.5) is 18.9 Å². The molecule has 0 spiro atoms. The van der Waals surface area contributed by atoms with E-state index in [2.05, 4.69) is 0 Å². The molecule has 20 heavy (non-hydrogen) atoms. The monoisotopic (exact) mass is 328 g/mol. The second-order valence-electron chi connectivity index (χ2n) is 4.40. The summed E-state index contributed by atoms with van der Waals surface area (Å²) in [5.41, 5.74) is -1.62. The van der Waals surface area contributed by atoms with Gasteiger partial charge in [0.15, 0.2) is 0 Å². The molecule has 0 amide bonds. The lowest BCUT2D eigenvalue weighted by Gasteiger charge is -2.19. The molecule has 0 aliphatic carbocycles. The summed E-state index contributed by atoms with van der Waals surface area (Å²) in [6.45, 7) is 0.620. The highest BCUT2D eigenvalue weighted by molar-refractivity contribution is 7.90. The van der Waals surface area contributed by atoms with Crippen LogP contribution in [0.25, 0.3) is 0 Å². The van der Waals surface area contributed by atoms with Gasteiger partial charge in [0, 0.05) is 18.1 Å². The van der Waals surface area contributed by atoms with Crippen LogP contribution in [0.1, 0.15) is 18.4 Å². The quantitative estimate of drug-likeness (QED) is 0.927. The van der Waals surface area contributed by atoms with Crippen molar-refractivity contribution in [3.05, 3.63) is 28.8 Å². The Morgan fingerprint density at radius 2 is 1.80 bits per heavy atom. The van der Waals surface area contributed by atoms with Crippen molar-refractivity contribution in [3.8, 4) is 0 Å². The molecule has 0 aromatic heterocycles. The minimum atomic E-state index is -4.69. The smallest absolute Gasteiger partial charge is 0.270 e. The summed E-state index contributed by atoms with van der Waals surface area (Å²) < 4.78 is 65.7. The van der Waals surface area contributed by atoms with E-state index in [0.717, 1.165) is 10.4 Å². The molecule has 1 aliphatic rings. The first kappa shape index (κ1) is 15.4. The van der Waals surface area contributed by atoms with Crippen LogP contribution in [0.3, 0.4) is 0 Å². The Morgan fingerprint density at radius 1 is 1.20 bits per heavy atom. The molecule has 9 heteroatoms. The maximum atomic E-state index is 12.9. The topological polar surface area (TPSA) is 49.4 Å². The van der Waals surface area contributed by atoms with Crippen LogP contribution in [0.2, 0.25) is 5.02 Å². The van der Waals surface area contributed by atoms with Gasteiger partial charge in [0.25, 0.3) is 0 Å². The molecule has 0 radical (unpaired) electrons. The van der Waals surface area contributed by atoms with Gasteiger partial charge in [-0.3, -0.25) is 4.72 Å². The predicted molar refractivity (Wildman–Crippen MR) is 69.8 cm³/mol.